The van der Waals surface area contributed by atoms with Gasteiger partial charge in [0, 0.05) is 11.9 Å². The summed E-state index contributed by atoms with van der Waals surface area (Å²) >= 11 is 0. The Kier molecular flexibility index (Phi) is 7.66. The van der Waals surface area contributed by atoms with E-state index in [1.807, 2.05) is 60.7 Å². The maximum absolute atomic E-state index is 13.0. The normalized spacial score (nSPS) is 11.4. The van der Waals surface area contributed by atoms with Gasteiger partial charge in [-0.15, -0.1) is 0 Å². The minimum absolute atomic E-state index is 0.000475. The number of ether oxygens (including phenoxy) is 2. The second-order valence-electron chi connectivity index (χ2n) is 7.44. The van der Waals surface area contributed by atoms with Crippen molar-refractivity contribution < 1.29 is 19.1 Å². The Morgan fingerprint density at radius 2 is 1.56 bits per heavy atom. The largest absolute Gasteiger partial charge is 0.457 e. The molecule has 34 heavy (non-hydrogen) atoms. The van der Waals surface area contributed by atoms with E-state index in [9.17, 15) is 9.59 Å². The Labute approximate surface area is 196 Å². The van der Waals surface area contributed by atoms with Gasteiger partial charge in [-0.1, -0.05) is 48.5 Å². The molecule has 1 atom stereocenters. The number of aromatic amines is 1. The lowest BCUT2D eigenvalue weighted by atomic mass is 10.2. The molecular formula is C26H24N4O4. The number of carbonyl (C=O) groups is 2. The maximum atomic E-state index is 13.0. The van der Waals surface area contributed by atoms with Crippen molar-refractivity contribution in [2.24, 2.45) is 0 Å². The molecule has 172 valence electrons. The average molecular weight is 457 g/mol. The van der Waals surface area contributed by atoms with Crippen LogP contribution in [0.2, 0.25) is 0 Å². The van der Waals surface area contributed by atoms with E-state index >= 15 is 0 Å². The first-order valence-corrected chi connectivity index (χ1v) is 10.7. The van der Waals surface area contributed by atoms with Crippen LogP contribution in [0.15, 0.2) is 97.3 Å². The van der Waals surface area contributed by atoms with E-state index < -0.39 is 17.9 Å². The van der Waals surface area contributed by atoms with Crippen molar-refractivity contribution in [1.29, 1.82) is 0 Å². The zero-order valence-electron chi connectivity index (χ0n) is 18.3. The number of amides is 2. The molecule has 0 saturated heterocycles. The summed E-state index contributed by atoms with van der Waals surface area (Å²) in [5.74, 6) is 0.530. The quantitative estimate of drug-likeness (QED) is 0.332. The Morgan fingerprint density at radius 1 is 0.882 bits per heavy atom. The second kappa shape index (κ2) is 11.4. The molecule has 0 fully saturated rings. The number of hydrogen-bond donors (Lipinski definition) is 3. The summed E-state index contributed by atoms with van der Waals surface area (Å²) in [6.45, 7) is 0.317. The number of nitrogens with zero attached hydrogens (tertiary/aromatic N) is 1. The standard InChI is InChI=1S/C26H24N4O4/c31-25(20-15-27-28-16-20)30-24(18-33-17-19-7-3-1-4-8-19)26(32)29-21-11-13-23(14-12-21)34-22-9-5-2-6-10-22/h1-16,24H,17-18H2,(H,27,28)(H,29,32)(H,30,31). The van der Waals surface area contributed by atoms with E-state index in [1.54, 1.807) is 24.3 Å². The Balaban J connectivity index is 1.38. The monoisotopic (exact) mass is 456 g/mol. The molecule has 1 aromatic heterocycles. The van der Waals surface area contributed by atoms with Crippen molar-refractivity contribution >= 4 is 17.5 Å². The number of para-hydroxylation sites is 1. The summed E-state index contributed by atoms with van der Waals surface area (Å²) in [5.41, 5.74) is 1.86. The average Bonchev–Trinajstić information content (AvgIpc) is 3.41. The van der Waals surface area contributed by atoms with E-state index in [4.69, 9.17) is 9.47 Å². The molecule has 0 saturated carbocycles. The highest BCUT2D eigenvalue weighted by molar-refractivity contribution is 6.01. The van der Waals surface area contributed by atoms with Crippen molar-refractivity contribution in [3.63, 3.8) is 0 Å². The van der Waals surface area contributed by atoms with Crippen molar-refractivity contribution in [2.45, 2.75) is 12.6 Å². The van der Waals surface area contributed by atoms with E-state index in [-0.39, 0.29) is 6.61 Å². The van der Waals surface area contributed by atoms with Gasteiger partial charge in [0.2, 0.25) is 5.91 Å². The predicted octanol–water partition coefficient (Wildman–Crippen LogP) is 4.16. The summed E-state index contributed by atoms with van der Waals surface area (Å²) in [6, 6.07) is 25.1. The van der Waals surface area contributed by atoms with Gasteiger partial charge in [-0.3, -0.25) is 14.7 Å². The van der Waals surface area contributed by atoms with E-state index in [0.29, 0.717) is 23.6 Å². The molecule has 8 nitrogen and oxygen atoms in total. The van der Waals surface area contributed by atoms with Crippen molar-refractivity contribution in [1.82, 2.24) is 15.5 Å². The molecule has 4 rings (SSSR count). The van der Waals surface area contributed by atoms with E-state index in [0.717, 1.165) is 11.3 Å². The van der Waals surface area contributed by atoms with Gasteiger partial charge in [0.05, 0.1) is 25.0 Å². The smallest absolute Gasteiger partial charge is 0.255 e. The first-order valence-electron chi connectivity index (χ1n) is 10.7. The van der Waals surface area contributed by atoms with Crippen LogP contribution >= 0.6 is 0 Å². The van der Waals surface area contributed by atoms with Gasteiger partial charge in [-0.25, -0.2) is 0 Å². The van der Waals surface area contributed by atoms with E-state index in [2.05, 4.69) is 20.8 Å². The number of aromatic nitrogens is 2. The number of hydrogen-bond acceptors (Lipinski definition) is 5. The van der Waals surface area contributed by atoms with Crippen LogP contribution in [0.1, 0.15) is 15.9 Å². The fourth-order valence-electron chi connectivity index (χ4n) is 3.13. The topological polar surface area (TPSA) is 105 Å². The van der Waals surface area contributed by atoms with Crippen LogP contribution in [0.3, 0.4) is 0 Å². The summed E-state index contributed by atoms with van der Waals surface area (Å²) in [4.78, 5) is 25.5. The lowest BCUT2D eigenvalue weighted by Gasteiger charge is -2.18. The van der Waals surface area contributed by atoms with Crippen LogP contribution in [-0.4, -0.2) is 34.7 Å². The highest BCUT2D eigenvalue weighted by Gasteiger charge is 2.22. The van der Waals surface area contributed by atoms with Gasteiger partial charge in [0.15, 0.2) is 0 Å². The molecule has 4 aromatic rings. The minimum Gasteiger partial charge on any atom is -0.457 e. The molecule has 1 unspecified atom stereocenters. The van der Waals surface area contributed by atoms with Crippen molar-refractivity contribution in [2.75, 3.05) is 11.9 Å². The van der Waals surface area contributed by atoms with Gasteiger partial charge in [0.25, 0.3) is 5.91 Å². The molecule has 3 N–H and O–H groups in total. The molecule has 0 radical (unpaired) electrons. The highest BCUT2D eigenvalue weighted by atomic mass is 16.5. The summed E-state index contributed by atoms with van der Waals surface area (Å²) in [7, 11) is 0. The van der Waals surface area contributed by atoms with Crippen LogP contribution in [0.4, 0.5) is 5.69 Å². The van der Waals surface area contributed by atoms with Crippen molar-refractivity contribution in [3.8, 4) is 11.5 Å². The summed E-state index contributed by atoms with van der Waals surface area (Å²) < 4.78 is 11.5. The number of benzene rings is 3. The maximum Gasteiger partial charge on any atom is 0.255 e. The lowest BCUT2D eigenvalue weighted by molar-refractivity contribution is -0.119. The van der Waals surface area contributed by atoms with Gasteiger partial charge < -0.3 is 20.1 Å². The molecule has 0 aliphatic rings. The predicted molar refractivity (Wildman–Crippen MR) is 128 cm³/mol. The Hall–Kier alpha value is -4.43. The number of nitrogens with one attached hydrogen (secondary N) is 3. The molecule has 2 amide bonds. The van der Waals surface area contributed by atoms with Crippen LogP contribution in [0, 0.1) is 0 Å². The molecule has 1 heterocycles. The molecule has 8 heteroatoms. The van der Waals surface area contributed by atoms with Crippen LogP contribution in [0.25, 0.3) is 0 Å². The summed E-state index contributed by atoms with van der Waals surface area (Å²) in [6.07, 6.45) is 2.85. The van der Waals surface area contributed by atoms with E-state index in [1.165, 1.54) is 12.4 Å². The Bertz CT molecular complexity index is 1180. The SMILES string of the molecule is O=C(NC(COCc1ccccc1)C(=O)Nc1ccc(Oc2ccccc2)cc1)c1cn[nH]c1. The first-order chi connectivity index (χ1) is 16.7. The third-order valence-electron chi connectivity index (χ3n) is 4.88. The van der Waals surface area contributed by atoms with Gasteiger partial charge in [0.1, 0.15) is 17.5 Å². The molecule has 0 aliphatic carbocycles. The zero-order chi connectivity index (χ0) is 23.6. The molecular weight excluding hydrogens is 432 g/mol. The summed E-state index contributed by atoms with van der Waals surface area (Å²) in [5, 5.41) is 11.9. The number of rotatable bonds is 10. The molecule has 0 aliphatic heterocycles. The highest BCUT2D eigenvalue weighted by Crippen LogP contribution is 2.22. The van der Waals surface area contributed by atoms with Crippen LogP contribution in [-0.2, 0) is 16.1 Å². The Morgan fingerprint density at radius 3 is 2.24 bits per heavy atom. The van der Waals surface area contributed by atoms with Gasteiger partial charge >= 0.3 is 0 Å². The second-order valence-corrected chi connectivity index (χ2v) is 7.44. The third kappa shape index (κ3) is 6.54. The lowest BCUT2D eigenvalue weighted by Crippen LogP contribution is -2.46. The molecule has 0 bridgehead atoms. The molecule has 0 spiro atoms. The number of anilines is 1. The van der Waals surface area contributed by atoms with Gasteiger partial charge in [-0.05, 0) is 42.0 Å². The fourth-order valence-corrected chi connectivity index (χ4v) is 3.13. The number of H-pyrrole nitrogens is 1. The number of carbonyl (C=O) groups excluding carboxylic acids is 2. The zero-order valence-corrected chi connectivity index (χ0v) is 18.3. The minimum atomic E-state index is -0.911. The van der Waals surface area contributed by atoms with Crippen LogP contribution < -0.4 is 15.4 Å². The fraction of sp³-hybridized carbons (Fsp3) is 0.115. The molecule has 3 aromatic carbocycles. The third-order valence-corrected chi connectivity index (χ3v) is 4.88. The van der Waals surface area contributed by atoms with Crippen molar-refractivity contribution in [3.05, 3.63) is 108 Å². The van der Waals surface area contributed by atoms with Crippen LogP contribution in [0.5, 0.6) is 11.5 Å². The van der Waals surface area contributed by atoms with Gasteiger partial charge in [-0.2, -0.15) is 5.10 Å². The first kappa shape index (κ1) is 22.8.